The number of nitrogens with zero attached hydrogens (tertiary/aromatic N) is 1. The molecule has 1 saturated carbocycles. The van der Waals surface area contributed by atoms with E-state index in [1.54, 1.807) is 7.11 Å². The van der Waals surface area contributed by atoms with Gasteiger partial charge in [0, 0.05) is 31.7 Å². The number of ether oxygens (including phenoxy) is 1. The molecular formula is C12H23NO2. The Hall–Kier alpha value is -0.410. The van der Waals surface area contributed by atoms with Crippen molar-refractivity contribution in [3.8, 4) is 0 Å². The largest absolute Gasteiger partial charge is 0.383 e. The SMILES string of the molecule is CCC(C)(C=O)CN(CCOC)C1CC1. The van der Waals surface area contributed by atoms with Crippen molar-refractivity contribution < 1.29 is 9.53 Å². The molecule has 0 spiro atoms. The van der Waals surface area contributed by atoms with Crippen molar-refractivity contribution >= 4 is 6.29 Å². The summed E-state index contributed by atoms with van der Waals surface area (Å²) < 4.78 is 5.10. The maximum Gasteiger partial charge on any atom is 0.127 e. The van der Waals surface area contributed by atoms with Crippen LogP contribution >= 0.6 is 0 Å². The maximum absolute atomic E-state index is 11.1. The van der Waals surface area contributed by atoms with Crippen molar-refractivity contribution in [1.29, 1.82) is 0 Å². The third-order valence-corrected chi connectivity index (χ3v) is 3.30. The Morgan fingerprint density at radius 3 is 2.60 bits per heavy atom. The van der Waals surface area contributed by atoms with Crippen molar-refractivity contribution in [2.75, 3.05) is 26.8 Å². The van der Waals surface area contributed by atoms with Crippen LogP contribution in [0.5, 0.6) is 0 Å². The summed E-state index contributed by atoms with van der Waals surface area (Å²) in [4.78, 5) is 13.5. The molecule has 1 aliphatic rings. The minimum absolute atomic E-state index is 0.184. The lowest BCUT2D eigenvalue weighted by Gasteiger charge is -2.30. The van der Waals surface area contributed by atoms with E-state index in [-0.39, 0.29) is 5.41 Å². The van der Waals surface area contributed by atoms with E-state index in [1.165, 1.54) is 12.8 Å². The predicted octanol–water partition coefficient (Wildman–Crippen LogP) is 1.71. The summed E-state index contributed by atoms with van der Waals surface area (Å²) >= 11 is 0. The third kappa shape index (κ3) is 3.92. The molecule has 0 aliphatic heterocycles. The fraction of sp³-hybridized carbons (Fsp3) is 0.917. The Kier molecular flexibility index (Phi) is 4.74. The van der Waals surface area contributed by atoms with Crippen LogP contribution in [0.1, 0.15) is 33.1 Å². The zero-order chi connectivity index (χ0) is 11.3. The highest BCUT2D eigenvalue weighted by atomic mass is 16.5. The topological polar surface area (TPSA) is 29.5 Å². The van der Waals surface area contributed by atoms with Crippen molar-refractivity contribution in [2.24, 2.45) is 5.41 Å². The molecule has 0 N–H and O–H groups in total. The molecule has 1 rings (SSSR count). The molecule has 3 nitrogen and oxygen atoms in total. The van der Waals surface area contributed by atoms with E-state index in [1.807, 2.05) is 6.92 Å². The molecule has 0 saturated heterocycles. The molecule has 3 heteroatoms. The monoisotopic (exact) mass is 213 g/mol. The van der Waals surface area contributed by atoms with Gasteiger partial charge in [-0.05, 0) is 19.3 Å². The molecule has 15 heavy (non-hydrogen) atoms. The lowest BCUT2D eigenvalue weighted by Crippen LogP contribution is -2.39. The molecule has 0 bridgehead atoms. The van der Waals surface area contributed by atoms with E-state index in [0.717, 1.165) is 32.4 Å². The van der Waals surface area contributed by atoms with Gasteiger partial charge in [0.15, 0.2) is 0 Å². The summed E-state index contributed by atoms with van der Waals surface area (Å²) in [5, 5.41) is 0. The first kappa shape index (κ1) is 12.7. The number of carbonyl (C=O) groups is 1. The third-order valence-electron chi connectivity index (χ3n) is 3.30. The number of rotatable bonds is 8. The molecule has 0 heterocycles. The van der Waals surface area contributed by atoms with Gasteiger partial charge in [0.1, 0.15) is 6.29 Å². The van der Waals surface area contributed by atoms with Crippen molar-refractivity contribution in [3.63, 3.8) is 0 Å². The van der Waals surface area contributed by atoms with Gasteiger partial charge in [-0.1, -0.05) is 13.8 Å². The quantitative estimate of drug-likeness (QED) is 0.575. The van der Waals surface area contributed by atoms with Gasteiger partial charge < -0.3 is 9.53 Å². The fourth-order valence-corrected chi connectivity index (χ4v) is 1.74. The van der Waals surface area contributed by atoms with E-state index >= 15 is 0 Å². The normalized spacial score (nSPS) is 20.3. The number of carbonyl (C=O) groups excluding carboxylic acids is 1. The summed E-state index contributed by atoms with van der Waals surface area (Å²) in [5.74, 6) is 0. The second kappa shape index (κ2) is 5.61. The van der Waals surface area contributed by atoms with Gasteiger partial charge in [-0.15, -0.1) is 0 Å². The average molecular weight is 213 g/mol. The van der Waals surface area contributed by atoms with Crippen LogP contribution in [0.2, 0.25) is 0 Å². The van der Waals surface area contributed by atoms with Gasteiger partial charge in [-0.2, -0.15) is 0 Å². The number of aldehydes is 1. The standard InChI is InChI=1S/C12H23NO2/c1-4-12(2,10-14)9-13(7-8-15-3)11-5-6-11/h10-11H,4-9H2,1-3H3. The zero-order valence-electron chi connectivity index (χ0n) is 10.2. The molecule has 0 amide bonds. The molecule has 0 aromatic heterocycles. The highest BCUT2D eigenvalue weighted by Gasteiger charge is 2.33. The summed E-state index contributed by atoms with van der Waals surface area (Å²) in [6.45, 7) is 6.71. The minimum Gasteiger partial charge on any atom is -0.383 e. The molecule has 0 radical (unpaired) electrons. The van der Waals surface area contributed by atoms with E-state index in [0.29, 0.717) is 6.04 Å². The minimum atomic E-state index is -0.184. The van der Waals surface area contributed by atoms with Gasteiger partial charge in [0.05, 0.1) is 6.61 Å². The van der Waals surface area contributed by atoms with Crippen molar-refractivity contribution in [3.05, 3.63) is 0 Å². The Bertz CT molecular complexity index is 204. The number of methoxy groups -OCH3 is 1. The van der Waals surface area contributed by atoms with Crippen molar-refractivity contribution in [1.82, 2.24) is 4.90 Å². The Labute approximate surface area is 92.8 Å². The van der Waals surface area contributed by atoms with Crippen LogP contribution in [-0.4, -0.2) is 44.0 Å². The first-order valence-electron chi connectivity index (χ1n) is 5.84. The van der Waals surface area contributed by atoms with Gasteiger partial charge in [0.25, 0.3) is 0 Å². The fourth-order valence-electron chi connectivity index (χ4n) is 1.74. The average Bonchev–Trinajstić information content (AvgIpc) is 3.07. The van der Waals surface area contributed by atoms with Crippen LogP contribution in [0, 0.1) is 5.41 Å². The van der Waals surface area contributed by atoms with Crippen molar-refractivity contribution in [2.45, 2.75) is 39.2 Å². The van der Waals surface area contributed by atoms with E-state index < -0.39 is 0 Å². The second-order valence-electron chi connectivity index (χ2n) is 4.82. The maximum atomic E-state index is 11.1. The van der Waals surface area contributed by atoms with Gasteiger partial charge in [0.2, 0.25) is 0 Å². The number of hydrogen-bond donors (Lipinski definition) is 0. The van der Waals surface area contributed by atoms with Gasteiger partial charge >= 0.3 is 0 Å². The molecule has 1 atom stereocenters. The van der Waals surface area contributed by atoms with Crippen LogP contribution in [0.15, 0.2) is 0 Å². The molecule has 1 fully saturated rings. The summed E-state index contributed by atoms with van der Waals surface area (Å²) in [5.41, 5.74) is -0.184. The molecular weight excluding hydrogens is 190 g/mol. The number of hydrogen-bond acceptors (Lipinski definition) is 3. The second-order valence-corrected chi connectivity index (χ2v) is 4.82. The van der Waals surface area contributed by atoms with Gasteiger partial charge in [-0.25, -0.2) is 0 Å². The Morgan fingerprint density at radius 1 is 1.53 bits per heavy atom. The highest BCUT2D eigenvalue weighted by Crippen LogP contribution is 2.30. The molecule has 1 unspecified atom stereocenters. The van der Waals surface area contributed by atoms with Crippen LogP contribution in [-0.2, 0) is 9.53 Å². The summed E-state index contributed by atoms with van der Waals surface area (Å²) in [6.07, 6.45) is 4.58. The Morgan fingerprint density at radius 2 is 2.20 bits per heavy atom. The van der Waals surface area contributed by atoms with Crippen LogP contribution in [0.4, 0.5) is 0 Å². The molecule has 88 valence electrons. The van der Waals surface area contributed by atoms with E-state index in [2.05, 4.69) is 11.8 Å². The molecule has 1 aliphatic carbocycles. The van der Waals surface area contributed by atoms with E-state index in [9.17, 15) is 4.79 Å². The first-order chi connectivity index (χ1) is 7.15. The summed E-state index contributed by atoms with van der Waals surface area (Å²) in [7, 11) is 1.73. The van der Waals surface area contributed by atoms with Crippen LogP contribution < -0.4 is 0 Å². The molecule has 0 aromatic rings. The lowest BCUT2D eigenvalue weighted by molar-refractivity contribution is -0.116. The van der Waals surface area contributed by atoms with Crippen LogP contribution in [0.3, 0.4) is 0 Å². The lowest BCUT2D eigenvalue weighted by atomic mass is 9.89. The summed E-state index contributed by atoms with van der Waals surface area (Å²) in [6, 6.07) is 0.700. The zero-order valence-corrected chi connectivity index (χ0v) is 10.2. The smallest absolute Gasteiger partial charge is 0.127 e. The highest BCUT2D eigenvalue weighted by molar-refractivity contribution is 5.58. The van der Waals surface area contributed by atoms with E-state index in [4.69, 9.17) is 4.74 Å². The van der Waals surface area contributed by atoms with Gasteiger partial charge in [-0.3, -0.25) is 4.90 Å². The Balaban J connectivity index is 2.45. The predicted molar refractivity (Wildman–Crippen MR) is 60.9 cm³/mol. The first-order valence-corrected chi connectivity index (χ1v) is 5.84. The molecule has 0 aromatic carbocycles. The van der Waals surface area contributed by atoms with Crippen LogP contribution in [0.25, 0.3) is 0 Å².